The van der Waals surface area contributed by atoms with E-state index in [2.05, 4.69) is 37.4 Å². The first kappa shape index (κ1) is 18.8. The molecule has 3 aromatic rings. The number of nitrogens with one attached hydrogen (secondary N) is 1. The maximum Gasteiger partial charge on any atom is 0.224 e. The number of carbonyl (C=O) groups is 1. The Morgan fingerprint density at radius 3 is 2.63 bits per heavy atom. The standard InChI is InChI=1S/C23H25NO3/c1-4-26-22-8-6-5-7-20(22)24-23(25)14-12-19-11-13-21(27-19)18-10-9-16(2)17(3)15-18/h5-11,13,15H,4,12,14H2,1-3H3,(H,24,25). The molecule has 0 fully saturated rings. The van der Waals surface area contributed by atoms with E-state index in [-0.39, 0.29) is 5.91 Å². The van der Waals surface area contributed by atoms with Gasteiger partial charge in [0.05, 0.1) is 12.3 Å². The molecule has 0 aliphatic heterocycles. The van der Waals surface area contributed by atoms with Crippen LogP contribution in [0.25, 0.3) is 11.3 Å². The lowest BCUT2D eigenvalue weighted by Crippen LogP contribution is -2.13. The largest absolute Gasteiger partial charge is 0.492 e. The molecule has 0 saturated heterocycles. The molecule has 0 saturated carbocycles. The van der Waals surface area contributed by atoms with Crippen molar-refractivity contribution in [3.05, 3.63) is 71.5 Å². The molecule has 0 bridgehead atoms. The van der Waals surface area contributed by atoms with Gasteiger partial charge in [-0.1, -0.05) is 24.3 Å². The van der Waals surface area contributed by atoms with Gasteiger partial charge in [-0.15, -0.1) is 0 Å². The fraction of sp³-hybridized carbons (Fsp3) is 0.261. The smallest absolute Gasteiger partial charge is 0.224 e. The summed E-state index contributed by atoms with van der Waals surface area (Å²) in [6.45, 7) is 6.66. The first-order valence-corrected chi connectivity index (χ1v) is 9.25. The highest BCUT2D eigenvalue weighted by Crippen LogP contribution is 2.26. The number of carbonyl (C=O) groups excluding carboxylic acids is 1. The van der Waals surface area contributed by atoms with Crippen molar-refractivity contribution in [2.45, 2.75) is 33.6 Å². The lowest BCUT2D eigenvalue weighted by molar-refractivity contribution is -0.116. The molecular formula is C23H25NO3. The number of hydrogen-bond donors (Lipinski definition) is 1. The Hall–Kier alpha value is -3.01. The van der Waals surface area contributed by atoms with Gasteiger partial charge in [0, 0.05) is 18.4 Å². The Kier molecular flexibility index (Phi) is 5.97. The summed E-state index contributed by atoms with van der Waals surface area (Å²) in [5.74, 6) is 2.25. The molecule has 1 N–H and O–H groups in total. The van der Waals surface area contributed by atoms with Crippen LogP contribution >= 0.6 is 0 Å². The van der Waals surface area contributed by atoms with E-state index in [1.807, 2.05) is 43.3 Å². The van der Waals surface area contributed by atoms with Crippen LogP contribution in [0.2, 0.25) is 0 Å². The van der Waals surface area contributed by atoms with E-state index in [0.29, 0.717) is 30.9 Å². The molecule has 1 heterocycles. The Bertz CT molecular complexity index is 927. The summed E-state index contributed by atoms with van der Waals surface area (Å²) in [6, 6.07) is 17.6. The number of anilines is 1. The molecule has 1 amide bonds. The van der Waals surface area contributed by atoms with Gasteiger partial charge in [0.15, 0.2) is 0 Å². The van der Waals surface area contributed by atoms with Gasteiger partial charge in [-0.2, -0.15) is 0 Å². The van der Waals surface area contributed by atoms with E-state index in [9.17, 15) is 4.79 Å². The van der Waals surface area contributed by atoms with E-state index in [1.54, 1.807) is 0 Å². The highest BCUT2D eigenvalue weighted by atomic mass is 16.5. The highest BCUT2D eigenvalue weighted by molar-refractivity contribution is 5.92. The van der Waals surface area contributed by atoms with Crippen LogP contribution in [0.3, 0.4) is 0 Å². The molecular weight excluding hydrogens is 338 g/mol. The molecule has 2 aromatic carbocycles. The van der Waals surface area contributed by atoms with Crippen molar-refractivity contribution >= 4 is 11.6 Å². The molecule has 0 spiro atoms. The maximum atomic E-state index is 12.3. The number of amides is 1. The van der Waals surface area contributed by atoms with Crippen molar-refractivity contribution in [2.24, 2.45) is 0 Å². The molecule has 4 heteroatoms. The molecule has 0 atom stereocenters. The summed E-state index contributed by atoms with van der Waals surface area (Å²) in [5, 5.41) is 2.91. The molecule has 0 unspecified atom stereocenters. The molecule has 140 valence electrons. The van der Waals surface area contributed by atoms with Gasteiger partial charge in [-0.05, 0) is 62.2 Å². The topological polar surface area (TPSA) is 51.5 Å². The predicted molar refractivity (Wildman–Crippen MR) is 108 cm³/mol. The number of aryl methyl sites for hydroxylation is 3. The average molecular weight is 363 g/mol. The van der Waals surface area contributed by atoms with Crippen molar-refractivity contribution in [2.75, 3.05) is 11.9 Å². The molecule has 4 nitrogen and oxygen atoms in total. The first-order valence-electron chi connectivity index (χ1n) is 9.25. The lowest BCUT2D eigenvalue weighted by atomic mass is 10.1. The Morgan fingerprint density at radius 1 is 1.04 bits per heavy atom. The van der Waals surface area contributed by atoms with Gasteiger partial charge in [-0.3, -0.25) is 4.79 Å². The molecule has 0 aliphatic carbocycles. The Balaban J connectivity index is 1.60. The third kappa shape index (κ3) is 4.79. The summed E-state index contributed by atoms with van der Waals surface area (Å²) in [7, 11) is 0. The number of para-hydroxylation sites is 2. The van der Waals surface area contributed by atoms with Crippen LogP contribution in [0, 0.1) is 13.8 Å². The zero-order valence-electron chi connectivity index (χ0n) is 16.0. The molecule has 0 radical (unpaired) electrons. The van der Waals surface area contributed by atoms with Gasteiger partial charge in [-0.25, -0.2) is 0 Å². The zero-order valence-corrected chi connectivity index (χ0v) is 16.0. The lowest BCUT2D eigenvalue weighted by Gasteiger charge is -2.10. The molecule has 1 aromatic heterocycles. The molecule has 0 aliphatic rings. The predicted octanol–water partition coefficient (Wildman–Crippen LogP) is 5.53. The van der Waals surface area contributed by atoms with Crippen LogP contribution in [0.5, 0.6) is 5.75 Å². The van der Waals surface area contributed by atoms with E-state index >= 15 is 0 Å². The number of furan rings is 1. The van der Waals surface area contributed by atoms with Crippen molar-refractivity contribution in [3.63, 3.8) is 0 Å². The summed E-state index contributed by atoms with van der Waals surface area (Å²) in [4.78, 5) is 12.3. The van der Waals surface area contributed by atoms with Crippen molar-refractivity contribution in [1.29, 1.82) is 0 Å². The van der Waals surface area contributed by atoms with E-state index in [4.69, 9.17) is 9.15 Å². The minimum Gasteiger partial charge on any atom is -0.492 e. The third-order valence-electron chi connectivity index (χ3n) is 4.51. The van der Waals surface area contributed by atoms with Crippen LogP contribution < -0.4 is 10.1 Å². The number of benzene rings is 2. The summed E-state index contributed by atoms with van der Waals surface area (Å²) in [5.41, 5.74) is 4.24. The summed E-state index contributed by atoms with van der Waals surface area (Å²) < 4.78 is 11.5. The Morgan fingerprint density at radius 2 is 1.85 bits per heavy atom. The minimum atomic E-state index is -0.0636. The monoisotopic (exact) mass is 363 g/mol. The molecule has 27 heavy (non-hydrogen) atoms. The van der Waals surface area contributed by atoms with Gasteiger partial charge in [0.25, 0.3) is 0 Å². The van der Waals surface area contributed by atoms with Gasteiger partial charge >= 0.3 is 0 Å². The maximum absolute atomic E-state index is 12.3. The fourth-order valence-electron chi connectivity index (χ4n) is 2.86. The third-order valence-corrected chi connectivity index (χ3v) is 4.51. The van der Waals surface area contributed by atoms with Crippen LogP contribution in [0.15, 0.2) is 59.0 Å². The van der Waals surface area contributed by atoms with Crippen molar-refractivity contribution in [3.8, 4) is 17.1 Å². The van der Waals surface area contributed by atoms with Crippen molar-refractivity contribution in [1.82, 2.24) is 0 Å². The zero-order chi connectivity index (χ0) is 19.2. The number of ether oxygens (including phenoxy) is 1. The highest BCUT2D eigenvalue weighted by Gasteiger charge is 2.10. The second-order valence-corrected chi connectivity index (χ2v) is 6.54. The van der Waals surface area contributed by atoms with Crippen molar-refractivity contribution < 1.29 is 13.9 Å². The summed E-state index contributed by atoms with van der Waals surface area (Å²) in [6.07, 6.45) is 0.897. The number of rotatable bonds is 7. The molecule has 3 rings (SSSR count). The van der Waals surface area contributed by atoms with Crippen LogP contribution in [0.1, 0.15) is 30.2 Å². The van der Waals surface area contributed by atoms with Crippen LogP contribution in [-0.4, -0.2) is 12.5 Å². The minimum absolute atomic E-state index is 0.0636. The Labute approximate surface area is 160 Å². The van der Waals surface area contributed by atoms with E-state index in [1.165, 1.54) is 11.1 Å². The second-order valence-electron chi connectivity index (χ2n) is 6.54. The van der Waals surface area contributed by atoms with Gasteiger partial charge < -0.3 is 14.5 Å². The van der Waals surface area contributed by atoms with E-state index < -0.39 is 0 Å². The van der Waals surface area contributed by atoms with Crippen LogP contribution in [-0.2, 0) is 11.2 Å². The normalized spacial score (nSPS) is 10.6. The SMILES string of the molecule is CCOc1ccccc1NC(=O)CCc1ccc(-c2ccc(C)c(C)c2)o1. The first-order chi connectivity index (χ1) is 13.1. The fourth-order valence-corrected chi connectivity index (χ4v) is 2.86. The van der Waals surface area contributed by atoms with Gasteiger partial charge in [0.1, 0.15) is 17.3 Å². The second kappa shape index (κ2) is 8.58. The van der Waals surface area contributed by atoms with E-state index in [0.717, 1.165) is 17.1 Å². The quantitative estimate of drug-likeness (QED) is 0.600. The number of hydrogen-bond acceptors (Lipinski definition) is 3. The average Bonchev–Trinajstić information content (AvgIpc) is 3.13. The van der Waals surface area contributed by atoms with Crippen LogP contribution in [0.4, 0.5) is 5.69 Å². The summed E-state index contributed by atoms with van der Waals surface area (Å²) >= 11 is 0. The van der Waals surface area contributed by atoms with Gasteiger partial charge in [0.2, 0.25) is 5.91 Å².